The van der Waals surface area contributed by atoms with E-state index in [1.54, 1.807) is 24.0 Å². The van der Waals surface area contributed by atoms with Gasteiger partial charge in [0.05, 0.1) is 18.6 Å². The van der Waals surface area contributed by atoms with Gasteiger partial charge in [0.25, 0.3) is 11.8 Å². The highest BCUT2D eigenvalue weighted by molar-refractivity contribution is 7.13. The van der Waals surface area contributed by atoms with Gasteiger partial charge in [-0.2, -0.15) is 0 Å². The van der Waals surface area contributed by atoms with Crippen LogP contribution in [-0.4, -0.2) is 55.8 Å². The number of imidazole rings is 1. The Bertz CT molecular complexity index is 1800. The van der Waals surface area contributed by atoms with Gasteiger partial charge in [-0.05, 0) is 91.3 Å². The molecule has 0 spiro atoms. The third-order valence-electron chi connectivity index (χ3n) is 10.6. The zero-order valence-corrected chi connectivity index (χ0v) is 27.2. The summed E-state index contributed by atoms with van der Waals surface area (Å²) in [5, 5.41) is 5.08. The molecule has 1 atom stereocenters. The van der Waals surface area contributed by atoms with Gasteiger partial charge in [-0.1, -0.05) is 38.1 Å². The Morgan fingerprint density at radius 1 is 1.04 bits per heavy atom. The molecule has 0 bridgehead atoms. The first-order valence-electron chi connectivity index (χ1n) is 16.4. The fourth-order valence-electron chi connectivity index (χ4n) is 8.86. The molecule has 238 valence electrons. The number of carbonyl (C=O) groups excluding carboxylic acids is 2. The Balaban J connectivity index is 1.04. The number of fused-ring (bicyclic) bond motifs is 2. The summed E-state index contributed by atoms with van der Waals surface area (Å²) in [4.78, 5) is 40.6. The van der Waals surface area contributed by atoms with Crippen molar-refractivity contribution in [2.45, 2.75) is 76.9 Å². The number of hydrogen-bond donors (Lipinski definition) is 1. The van der Waals surface area contributed by atoms with Crippen LogP contribution >= 0.6 is 11.3 Å². The van der Waals surface area contributed by atoms with Crippen LogP contribution in [0.4, 0.5) is 9.52 Å². The summed E-state index contributed by atoms with van der Waals surface area (Å²) in [6, 6.07) is 10.7. The maximum Gasteiger partial charge on any atom is 0.255 e. The molecule has 1 N–H and O–H groups in total. The highest BCUT2D eigenvalue weighted by Crippen LogP contribution is 2.56. The number of likely N-dealkylation sites (tertiary alicyclic amines) is 1. The number of aryl methyl sites for hydroxylation is 1. The van der Waals surface area contributed by atoms with Crippen molar-refractivity contribution >= 4 is 28.3 Å². The lowest BCUT2D eigenvalue weighted by Gasteiger charge is -2.55. The lowest BCUT2D eigenvalue weighted by atomic mass is 9.52. The van der Waals surface area contributed by atoms with E-state index in [0.717, 1.165) is 43.5 Å². The van der Waals surface area contributed by atoms with Gasteiger partial charge < -0.3 is 14.4 Å². The van der Waals surface area contributed by atoms with E-state index in [0.29, 0.717) is 32.9 Å². The van der Waals surface area contributed by atoms with Crippen molar-refractivity contribution in [3.63, 3.8) is 0 Å². The Kier molecular flexibility index (Phi) is 7.14. The van der Waals surface area contributed by atoms with Gasteiger partial charge >= 0.3 is 0 Å². The van der Waals surface area contributed by atoms with Crippen molar-refractivity contribution in [1.29, 1.82) is 0 Å². The Morgan fingerprint density at radius 2 is 1.83 bits per heavy atom. The van der Waals surface area contributed by atoms with E-state index in [1.807, 2.05) is 16.7 Å². The monoisotopic (exact) mass is 638 g/mol. The summed E-state index contributed by atoms with van der Waals surface area (Å²) in [6.45, 7) is 9.22. The zero-order chi connectivity index (χ0) is 31.6. The topological polar surface area (TPSA) is 83.4 Å². The SMILES string of the molecule is CC1(CN2CCCC2)CC(C)(c2ccc(-c3cc(F)c4c(c3)C(=O)N(C(C(=O)Nc3nccs3)c3ncn5c3CCC5)C4)cc2)C1. The maximum atomic E-state index is 15.8. The second-order valence-electron chi connectivity index (χ2n) is 14.3. The number of nitrogens with one attached hydrogen (secondary N) is 1. The van der Waals surface area contributed by atoms with Crippen molar-refractivity contribution in [2.24, 2.45) is 5.41 Å². The van der Waals surface area contributed by atoms with Crippen molar-refractivity contribution in [3.8, 4) is 11.1 Å². The van der Waals surface area contributed by atoms with Crippen LogP contribution in [0.2, 0.25) is 0 Å². The molecule has 1 saturated carbocycles. The minimum Gasteiger partial charge on any atom is -0.334 e. The predicted octanol–water partition coefficient (Wildman–Crippen LogP) is 6.58. The molecule has 2 amide bonds. The van der Waals surface area contributed by atoms with Crippen LogP contribution in [0.25, 0.3) is 11.1 Å². The summed E-state index contributed by atoms with van der Waals surface area (Å²) in [6.07, 6.45) is 10.0. The second kappa shape index (κ2) is 11.1. The van der Waals surface area contributed by atoms with Crippen molar-refractivity contribution in [3.05, 3.63) is 88.2 Å². The molecule has 1 unspecified atom stereocenters. The lowest BCUT2D eigenvalue weighted by molar-refractivity contribution is -0.121. The molecule has 1 saturated heterocycles. The zero-order valence-electron chi connectivity index (χ0n) is 26.4. The van der Waals surface area contributed by atoms with E-state index in [9.17, 15) is 9.59 Å². The van der Waals surface area contributed by atoms with Crippen molar-refractivity contribution in [1.82, 2.24) is 24.3 Å². The highest BCUT2D eigenvalue weighted by atomic mass is 32.1. The van der Waals surface area contributed by atoms with Gasteiger partial charge in [-0.25, -0.2) is 14.4 Å². The van der Waals surface area contributed by atoms with Crippen LogP contribution in [0.1, 0.15) is 84.9 Å². The number of benzene rings is 2. The fourth-order valence-corrected chi connectivity index (χ4v) is 9.39. The number of thiazole rings is 1. The molecule has 2 fully saturated rings. The van der Waals surface area contributed by atoms with E-state index >= 15 is 4.39 Å². The number of nitrogens with zero attached hydrogens (tertiary/aromatic N) is 5. The third-order valence-corrected chi connectivity index (χ3v) is 11.3. The molecule has 3 aliphatic heterocycles. The number of amides is 2. The van der Waals surface area contributed by atoms with Crippen LogP contribution in [-0.2, 0) is 29.7 Å². The minimum atomic E-state index is -1.00. The second-order valence-corrected chi connectivity index (χ2v) is 15.2. The molecular formula is C36H39FN6O2S. The Morgan fingerprint density at radius 3 is 2.57 bits per heavy atom. The standard InChI is InChI=1S/C36H39FN6O2S/c1-35(21-41-12-3-4-13-41)19-36(2,20-35)25-9-7-23(8-10-25)24-16-26-27(28(37)17-24)18-43(33(26)45)31(32(44)40-34-38-11-15-46-34)30-29-6-5-14-42(29)22-39-30/h7-11,15-17,22,31H,3-6,12-14,18-21H2,1-2H3,(H,38,40,44). The van der Waals surface area contributed by atoms with Gasteiger partial charge in [0.15, 0.2) is 11.2 Å². The Hall–Kier alpha value is -3.89. The Labute approximate surface area is 272 Å². The first kappa shape index (κ1) is 29.5. The van der Waals surface area contributed by atoms with E-state index in [4.69, 9.17) is 0 Å². The molecule has 2 aromatic heterocycles. The van der Waals surface area contributed by atoms with Crippen molar-refractivity contribution in [2.75, 3.05) is 25.0 Å². The number of rotatable bonds is 8. The number of carbonyl (C=O) groups is 2. The first-order valence-corrected chi connectivity index (χ1v) is 17.3. The van der Waals surface area contributed by atoms with Crippen LogP contribution in [0, 0.1) is 11.2 Å². The van der Waals surface area contributed by atoms with E-state index in [-0.39, 0.29) is 17.9 Å². The third kappa shape index (κ3) is 5.06. The molecule has 1 aliphatic carbocycles. The molecule has 8 rings (SSSR count). The van der Waals surface area contributed by atoms with E-state index < -0.39 is 17.8 Å². The summed E-state index contributed by atoms with van der Waals surface area (Å²) in [5.74, 6) is -1.21. The van der Waals surface area contributed by atoms with Crippen LogP contribution in [0.15, 0.2) is 54.3 Å². The molecule has 4 aliphatic rings. The number of anilines is 1. The molecule has 4 aromatic rings. The molecule has 2 aromatic carbocycles. The summed E-state index contributed by atoms with van der Waals surface area (Å²) < 4.78 is 17.8. The van der Waals surface area contributed by atoms with Gasteiger partial charge in [0.1, 0.15) is 5.82 Å². The molecule has 8 nitrogen and oxygen atoms in total. The average molecular weight is 639 g/mol. The summed E-state index contributed by atoms with van der Waals surface area (Å²) in [5.41, 5.74) is 5.41. The van der Waals surface area contributed by atoms with Crippen LogP contribution in [0.5, 0.6) is 0 Å². The van der Waals surface area contributed by atoms with Gasteiger partial charge in [0.2, 0.25) is 0 Å². The largest absolute Gasteiger partial charge is 0.334 e. The normalized spacial score (nSPS) is 24.6. The van der Waals surface area contributed by atoms with Crippen LogP contribution < -0.4 is 5.32 Å². The smallest absolute Gasteiger partial charge is 0.255 e. The number of aromatic nitrogens is 3. The van der Waals surface area contributed by atoms with Crippen molar-refractivity contribution < 1.29 is 14.0 Å². The molecular weight excluding hydrogens is 600 g/mol. The molecule has 46 heavy (non-hydrogen) atoms. The fraction of sp³-hybridized carbons (Fsp3) is 0.444. The van der Waals surface area contributed by atoms with Gasteiger partial charge in [0, 0.05) is 41.5 Å². The predicted molar refractivity (Wildman–Crippen MR) is 176 cm³/mol. The molecule has 10 heteroatoms. The first-order chi connectivity index (χ1) is 22.2. The lowest BCUT2D eigenvalue weighted by Crippen LogP contribution is -2.51. The van der Waals surface area contributed by atoms with E-state index in [2.05, 4.69) is 46.2 Å². The molecule has 0 radical (unpaired) electrons. The minimum absolute atomic E-state index is 0.00394. The summed E-state index contributed by atoms with van der Waals surface area (Å²) >= 11 is 1.30. The maximum absolute atomic E-state index is 15.8. The van der Waals surface area contributed by atoms with Crippen LogP contribution in [0.3, 0.4) is 0 Å². The van der Waals surface area contributed by atoms with E-state index in [1.165, 1.54) is 60.3 Å². The average Bonchev–Trinajstić information content (AvgIpc) is 3.85. The quantitative estimate of drug-likeness (QED) is 0.236. The highest BCUT2D eigenvalue weighted by Gasteiger charge is 2.50. The van der Waals surface area contributed by atoms with Gasteiger partial charge in [-0.15, -0.1) is 11.3 Å². The molecule has 5 heterocycles. The van der Waals surface area contributed by atoms with Gasteiger partial charge in [-0.3, -0.25) is 14.9 Å². The number of halogens is 1. The summed E-state index contributed by atoms with van der Waals surface area (Å²) in [7, 11) is 0. The number of hydrogen-bond acceptors (Lipinski definition) is 6.